The van der Waals surface area contributed by atoms with E-state index in [2.05, 4.69) is 10.4 Å². The van der Waals surface area contributed by atoms with E-state index in [9.17, 15) is 4.79 Å². The van der Waals surface area contributed by atoms with Gasteiger partial charge in [0.25, 0.3) is 5.91 Å². The van der Waals surface area contributed by atoms with Crippen molar-refractivity contribution in [2.24, 2.45) is 7.05 Å². The van der Waals surface area contributed by atoms with Crippen molar-refractivity contribution in [2.45, 2.75) is 6.42 Å². The molecular formula is C18H19N3O2. The number of aromatic nitrogens is 2. The van der Waals surface area contributed by atoms with E-state index in [0.29, 0.717) is 12.3 Å². The van der Waals surface area contributed by atoms with E-state index in [0.717, 1.165) is 22.8 Å². The minimum Gasteiger partial charge on any atom is -0.484 e. The summed E-state index contributed by atoms with van der Waals surface area (Å²) in [6, 6.07) is 13.9. The van der Waals surface area contributed by atoms with Gasteiger partial charge in [-0.15, -0.1) is 0 Å². The van der Waals surface area contributed by atoms with E-state index in [4.69, 9.17) is 4.74 Å². The van der Waals surface area contributed by atoms with E-state index in [-0.39, 0.29) is 12.5 Å². The van der Waals surface area contributed by atoms with Crippen molar-refractivity contribution in [1.82, 2.24) is 15.1 Å². The number of hydrogen-bond donors (Lipinski definition) is 1. The molecule has 118 valence electrons. The van der Waals surface area contributed by atoms with E-state index in [1.807, 2.05) is 55.7 Å². The SMILES string of the molecule is Cn1cc(CCNC(=O)COc2ccc3ccccc3c2)cn1. The number of fused-ring (bicyclic) bond motifs is 1. The molecule has 1 N–H and O–H groups in total. The monoisotopic (exact) mass is 309 g/mol. The van der Waals surface area contributed by atoms with Gasteiger partial charge in [-0.2, -0.15) is 5.10 Å². The number of carbonyl (C=O) groups is 1. The lowest BCUT2D eigenvalue weighted by Gasteiger charge is -2.08. The van der Waals surface area contributed by atoms with E-state index < -0.39 is 0 Å². The number of aryl methyl sites for hydroxylation is 1. The third kappa shape index (κ3) is 4.10. The Labute approximate surface area is 134 Å². The predicted octanol–water partition coefficient (Wildman–Crippen LogP) is 2.31. The number of nitrogens with one attached hydrogen (secondary N) is 1. The molecule has 1 aromatic heterocycles. The lowest BCUT2D eigenvalue weighted by Crippen LogP contribution is -2.30. The normalized spacial score (nSPS) is 10.7. The van der Waals surface area contributed by atoms with Crippen molar-refractivity contribution >= 4 is 16.7 Å². The minimum atomic E-state index is -0.123. The highest BCUT2D eigenvalue weighted by Crippen LogP contribution is 2.20. The third-order valence-electron chi connectivity index (χ3n) is 3.59. The number of rotatable bonds is 6. The lowest BCUT2D eigenvalue weighted by molar-refractivity contribution is -0.123. The van der Waals surface area contributed by atoms with Gasteiger partial charge in [0, 0.05) is 19.8 Å². The summed E-state index contributed by atoms with van der Waals surface area (Å²) in [5.41, 5.74) is 1.10. The van der Waals surface area contributed by atoms with Gasteiger partial charge in [0.05, 0.1) is 6.20 Å². The minimum absolute atomic E-state index is 0.0192. The molecule has 0 saturated heterocycles. The molecule has 0 saturated carbocycles. The maximum atomic E-state index is 11.8. The lowest BCUT2D eigenvalue weighted by atomic mass is 10.1. The summed E-state index contributed by atoms with van der Waals surface area (Å²) in [4.78, 5) is 11.8. The smallest absolute Gasteiger partial charge is 0.257 e. The molecule has 5 nitrogen and oxygen atoms in total. The van der Waals surface area contributed by atoms with Crippen LogP contribution in [0.15, 0.2) is 54.9 Å². The molecule has 23 heavy (non-hydrogen) atoms. The van der Waals surface area contributed by atoms with Gasteiger partial charge in [0.1, 0.15) is 5.75 Å². The Hall–Kier alpha value is -2.82. The molecule has 5 heteroatoms. The van der Waals surface area contributed by atoms with E-state index in [1.165, 1.54) is 0 Å². The van der Waals surface area contributed by atoms with Crippen molar-refractivity contribution < 1.29 is 9.53 Å². The summed E-state index contributed by atoms with van der Waals surface area (Å²) >= 11 is 0. The number of carbonyl (C=O) groups excluding carboxylic acids is 1. The quantitative estimate of drug-likeness (QED) is 0.760. The van der Waals surface area contributed by atoms with Crippen LogP contribution in [0.25, 0.3) is 10.8 Å². The van der Waals surface area contributed by atoms with Crippen LogP contribution in [0.3, 0.4) is 0 Å². The fourth-order valence-electron chi connectivity index (χ4n) is 2.40. The second kappa shape index (κ2) is 6.96. The average Bonchev–Trinajstić information content (AvgIpc) is 2.98. The highest BCUT2D eigenvalue weighted by molar-refractivity contribution is 5.84. The molecule has 0 fully saturated rings. The second-order valence-electron chi connectivity index (χ2n) is 5.42. The zero-order valence-electron chi connectivity index (χ0n) is 13.0. The Bertz CT molecular complexity index is 811. The summed E-state index contributed by atoms with van der Waals surface area (Å²) in [5.74, 6) is 0.577. The van der Waals surface area contributed by atoms with Gasteiger partial charge in [0.2, 0.25) is 0 Å². The van der Waals surface area contributed by atoms with Crippen LogP contribution in [0, 0.1) is 0 Å². The summed E-state index contributed by atoms with van der Waals surface area (Å²) in [6.45, 7) is 0.594. The van der Waals surface area contributed by atoms with Crippen LogP contribution < -0.4 is 10.1 Å². The highest BCUT2D eigenvalue weighted by Gasteiger charge is 2.04. The Morgan fingerprint density at radius 1 is 1.22 bits per heavy atom. The van der Waals surface area contributed by atoms with Crippen LogP contribution in [0.1, 0.15) is 5.56 Å². The van der Waals surface area contributed by atoms with Gasteiger partial charge < -0.3 is 10.1 Å². The first-order chi connectivity index (χ1) is 11.2. The standard InChI is InChI=1S/C18H19N3O2/c1-21-12-14(11-20-21)8-9-19-18(22)13-23-17-7-6-15-4-2-3-5-16(15)10-17/h2-7,10-12H,8-9,13H2,1H3,(H,19,22). The molecule has 0 radical (unpaired) electrons. The van der Waals surface area contributed by atoms with Crippen molar-refractivity contribution in [2.75, 3.05) is 13.2 Å². The van der Waals surface area contributed by atoms with Crippen LogP contribution in [-0.2, 0) is 18.3 Å². The first-order valence-corrected chi connectivity index (χ1v) is 7.56. The van der Waals surface area contributed by atoms with Gasteiger partial charge in [-0.3, -0.25) is 9.48 Å². The fourth-order valence-corrected chi connectivity index (χ4v) is 2.40. The van der Waals surface area contributed by atoms with Crippen LogP contribution in [-0.4, -0.2) is 28.8 Å². The van der Waals surface area contributed by atoms with E-state index >= 15 is 0 Å². The van der Waals surface area contributed by atoms with Gasteiger partial charge in [-0.25, -0.2) is 0 Å². The molecule has 3 rings (SSSR count). The molecule has 2 aromatic carbocycles. The average molecular weight is 309 g/mol. The molecule has 0 aliphatic heterocycles. The highest BCUT2D eigenvalue weighted by atomic mass is 16.5. The van der Waals surface area contributed by atoms with Crippen LogP contribution in [0.2, 0.25) is 0 Å². The number of benzene rings is 2. The first kappa shape index (κ1) is 15.1. The Kier molecular flexibility index (Phi) is 4.57. The zero-order valence-corrected chi connectivity index (χ0v) is 13.0. The number of ether oxygens (including phenoxy) is 1. The first-order valence-electron chi connectivity index (χ1n) is 7.56. The molecule has 3 aromatic rings. The molecule has 0 spiro atoms. The summed E-state index contributed by atoms with van der Waals surface area (Å²) in [6.07, 6.45) is 4.50. The molecule has 0 unspecified atom stereocenters. The van der Waals surface area contributed by atoms with Crippen molar-refractivity contribution in [1.29, 1.82) is 0 Å². The van der Waals surface area contributed by atoms with Crippen LogP contribution >= 0.6 is 0 Å². The Morgan fingerprint density at radius 2 is 2.04 bits per heavy atom. The third-order valence-corrected chi connectivity index (χ3v) is 3.59. The van der Waals surface area contributed by atoms with Crippen molar-refractivity contribution in [3.05, 3.63) is 60.4 Å². The number of amides is 1. The predicted molar refractivity (Wildman–Crippen MR) is 89.4 cm³/mol. The largest absolute Gasteiger partial charge is 0.484 e. The van der Waals surface area contributed by atoms with Gasteiger partial charge in [-0.1, -0.05) is 30.3 Å². The number of hydrogen-bond acceptors (Lipinski definition) is 3. The summed E-state index contributed by atoms with van der Waals surface area (Å²) < 4.78 is 7.30. The van der Waals surface area contributed by atoms with Gasteiger partial charge in [0.15, 0.2) is 6.61 Å². The molecule has 1 amide bonds. The van der Waals surface area contributed by atoms with Gasteiger partial charge >= 0.3 is 0 Å². The second-order valence-corrected chi connectivity index (χ2v) is 5.42. The van der Waals surface area contributed by atoms with E-state index in [1.54, 1.807) is 10.9 Å². The van der Waals surface area contributed by atoms with Crippen LogP contribution in [0.4, 0.5) is 0 Å². The Balaban J connectivity index is 1.46. The van der Waals surface area contributed by atoms with Crippen molar-refractivity contribution in [3.63, 3.8) is 0 Å². The maximum absolute atomic E-state index is 11.8. The maximum Gasteiger partial charge on any atom is 0.257 e. The van der Waals surface area contributed by atoms with Crippen molar-refractivity contribution in [3.8, 4) is 5.75 Å². The summed E-state index contributed by atoms with van der Waals surface area (Å²) in [5, 5.41) is 9.19. The fraction of sp³-hybridized carbons (Fsp3) is 0.222. The molecule has 0 bridgehead atoms. The molecule has 1 heterocycles. The molecule has 0 aliphatic carbocycles. The Morgan fingerprint density at radius 3 is 2.83 bits per heavy atom. The van der Waals surface area contributed by atoms with Gasteiger partial charge in [-0.05, 0) is 34.9 Å². The molecule has 0 aliphatic rings. The number of nitrogens with zero attached hydrogens (tertiary/aromatic N) is 2. The summed E-state index contributed by atoms with van der Waals surface area (Å²) in [7, 11) is 1.87. The molecule has 0 atom stereocenters. The topological polar surface area (TPSA) is 56.2 Å². The molecular weight excluding hydrogens is 290 g/mol. The zero-order chi connectivity index (χ0) is 16.1. The van der Waals surface area contributed by atoms with Crippen LogP contribution in [0.5, 0.6) is 5.75 Å².